The third-order valence-corrected chi connectivity index (χ3v) is 6.29. The molecule has 6 heteroatoms. The molecule has 0 aromatic rings. The van der Waals surface area contributed by atoms with E-state index < -0.39 is 10.2 Å². The fourth-order valence-corrected chi connectivity index (χ4v) is 4.75. The fourth-order valence-electron chi connectivity index (χ4n) is 2.84. The topological polar surface area (TPSA) is 52.7 Å². The van der Waals surface area contributed by atoms with Crippen LogP contribution in [0.1, 0.15) is 53.4 Å². The predicted octanol–water partition coefficient (Wildman–Crippen LogP) is 2.06. The van der Waals surface area contributed by atoms with Crippen molar-refractivity contribution in [3.05, 3.63) is 0 Å². The van der Waals surface area contributed by atoms with E-state index in [1.807, 2.05) is 20.8 Å². The van der Waals surface area contributed by atoms with E-state index in [1.54, 1.807) is 8.61 Å². The molecule has 0 bridgehead atoms. The maximum absolute atomic E-state index is 12.7. The lowest BCUT2D eigenvalue weighted by Gasteiger charge is -2.36. The summed E-state index contributed by atoms with van der Waals surface area (Å²) in [6.07, 6.45) is 3.93. The Morgan fingerprint density at radius 1 is 1.19 bits per heavy atom. The van der Waals surface area contributed by atoms with Crippen molar-refractivity contribution in [3.8, 4) is 0 Å². The Morgan fingerprint density at radius 3 is 2.29 bits per heavy atom. The third-order valence-electron chi connectivity index (χ3n) is 4.08. The third kappa shape index (κ3) is 5.51. The molecule has 0 aromatic carbocycles. The predicted molar refractivity (Wildman–Crippen MR) is 88.5 cm³/mol. The lowest BCUT2D eigenvalue weighted by molar-refractivity contribution is 0.240. The highest BCUT2D eigenvalue weighted by Gasteiger charge is 2.33. The van der Waals surface area contributed by atoms with Crippen LogP contribution in [0.25, 0.3) is 0 Å². The van der Waals surface area contributed by atoms with Gasteiger partial charge >= 0.3 is 0 Å². The monoisotopic (exact) mass is 319 g/mol. The van der Waals surface area contributed by atoms with Crippen molar-refractivity contribution in [1.82, 2.24) is 13.9 Å². The Kier molecular flexibility index (Phi) is 8.16. The number of piperidine rings is 1. The van der Waals surface area contributed by atoms with E-state index in [9.17, 15) is 8.42 Å². The number of rotatable bonds is 9. The van der Waals surface area contributed by atoms with Gasteiger partial charge in [-0.2, -0.15) is 17.0 Å². The zero-order chi connectivity index (χ0) is 15.9. The molecule has 0 aromatic heterocycles. The quantitative estimate of drug-likeness (QED) is 0.662. The number of hydrogen-bond donors (Lipinski definition) is 1. The summed E-state index contributed by atoms with van der Waals surface area (Å²) in [6, 6.07) is 0.0268. The average molecular weight is 320 g/mol. The zero-order valence-electron chi connectivity index (χ0n) is 14.1. The maximum Gasteiger partial charge on any atom is 0.282 e. The Balaban J connectivity index is 2.55. The standard InChI is InChI=1S/C15H33N3O2S/c1-5-9-16-13-15-7-11-17(12-8-15)21(19,20)18(10-6-2)14(3)4/h14-16H,5-13H2,1-4H3. The first-order chi connectivity index (χ1) is 9.93. The number of nitrogens with one attached hydrogen (secondary N) is 1. The molecular weight excluding hydrogens is 286 g/mol. The second-order valence-corrected chi connectivity index (χ2v) is 8.14. The summed E-state index contributed by atoms with van der Waals surface area (Å²) in [7, 11) is -3.29. The molecular formula is C15H33N3O2S. The van der Waals surface area contributed by atoms with Gasteiger partial charge in [-0.15, -0.1) is 0 Å². The molecule has 0 spiro atoms. The Bertz CT molecular complexity index is 376. The van der Waals surface area contributed by atoms with E-state index in [-0.39, 0.29) is 6.04 Å². The molecule has 0 radical (unpaired) electrons. The van der Waals surface area contributed by atoms with Gasteiger partial charge < -0.3 is 5.32 Å². The van der Waals surface area contributed by atoms with E-state index >= 15 is 0 Å². The first-order valence-corrected chi connectivity index (χ1v) is 9.80. The Labute approximate surface area is 131 Å². The second-order valence-electron chi connectivity index (χ2n) is 6.26. The molecule has 0 unspecified atom stereocenters. The minimum atomic E-state index is -3.29. The summed E-state index contributed by atoms with van der Waals surface area (Å²) in [4.78, 5) is 0. The summed E-state index contributed by atoms with van der Waals surface area (Å²) in [5, 5.41) is 3.44. The number of nitrogens with zero attached hydrogens (tertiary/aromatic N) is 2. The summed E-state index contributed by atoms with van der Waals surface area (Å²) in [5.74, 6) is 0.613. The molecule has 0 aliphatic carbocycles. The smallest absolute Gasteiger partial charge is 0.282 e. The van der Waals surface area contributed by atoms with E-state index in [0.29, 0.717) is 25.6 Å². The Morgan fingerprint density at radius 2 is 1.81 bits per heavy atom. The highest BCUT2D eigenvalue weighted by Crippen LogP contribution is 2.22. The largest absolute Gasteiger partial charge is 0.316 e. The molecule has 1 saturated heterocycles. The van der Waals surface area contributed by atoms with Crippen molar-refractivity contribution in [2.24, 2.45) is 5.92 Å². The number of hydrogen-bond acceptors (Lipinski definition) is 3. The summed E-state index contributed by atoms with van der Waals surface area (Å²) >= 11 is 0. The van der Waals surface area contributed by atoms with Gasteiger partial charge in [0.25, 0.3) is 10.2 Å². The maximum atomic E-state index is 12.7. The van der Waals surface area contributed by atoms with Crippen molar-refractivity contribution >= 4 is 10.2 Å². The van der Waals surface area contributed by atoms with Crippen LogP contribution in [0.4, 0.5) is 0 Å². The first kappa shape index (κ1) is 18.9. The van der Waals surface area contributed by atoms with Crippen molar-refractivity contribution in [2.75, 3.05) is 32.7 Å². The fraction of sp³-hybridized carbons (Fsp3) is 1.00. The van der Waals surface area contributed by atoms with Gasteiger partial charge in [0.1, 0.15) is 0 Å². The molecule has 126 valence electrons. The van der Waals surface area contributed by atoms with Gasteiger partial charge in [0.2, 0.25) is 0 Å². The lowest BCUT2D eigenvalue weighted by Crippen LogP contribution is -2.50. The van der Waals surface area contributed by atoms with E-state index in [0.717, 1.165) is 38.8 Å². The molecule has 5 nitrogen and oxygen atoms in total. The molecule has 1 heterocycles. The van der Waals surface area contributed by atoms with Crippen LogP contribution in [0.2, 0.25) is 0 Å². The Hall–Kier alpha value is -0.170. The van der Waals surface area contributed by atoms with Crippen molar-refractivity contribution in [1.29, 1.82) is 0 Å². The molecule has 1 N–H and O–H groups in total. The van der Waals surface area contributed by atoms with Crippen molar-refractivity contribution in [2.45, 2.75) is 59.4 Å². The van der Waals surface area contributed by atoms with Crippen LogP contribution in [0.5, 0.6) is 0 Å². The molecule has 1 aliphatic heterocycles. The molecule has 0 amide bonds. The van der Waals surface area contributed by atoms with Gasteiger partial charge in [-0.05, 0) is 58.5 Å². The molecule has 0 atom stereocenters. The molecule has 1 fully saturated rings. The van der Waals surface area contributed by atoms with Crippen molar-refractivity contribution in [3.63, 3.8) is 0 Å². The van der Waals surface area contributed by atoms with Gasteiger partial charge in [0.15, 0.2) is 0 Å². The molecule has 1 aliphatic rings. The van der Waals surface area contributed by atoms with Crippen LogP contribution in [-0.4, -0.2) is 55.8 Å². The zero-order valence-corrected chi connectivity index (χ0v) is 15.0. The van der Waals surface area contributed by atoms with Gasteiger partial charge in [0.05, 0.1) is 0 Å². The van der Waals surface area contributed by atoms with Gasteiger partial charge in [-0.3, -0.25) is 0 Å². The highest BCUT2D eigenvalue weighted by atomic mass is 32.2. The summed E-state index contributed by atoms with van der Waals surface area (Å²) < 4.78 is 28.8. The van der Waals surface area contributed by atoms with Gasteiger partial charge in [0, 0.05) is 25.7 Å². The highest BCUT2D eigenvalue weighted by molar-refractivity contribution is 7.86. The second kappa shape index (κ2) is 9.08. The van der Waals surface area contributed by atoms with E-state index in [4.69, 9.17) is 0 Å². The molecule has 0 saturated carbocycles. The lowest BCUT2D eigenvalue weighted by atomic mass is 9.98. The normalized spacial score (nSPS) is 18.8. The van der Waals surface area contributed by atoms with Crippen molar-refractivity contribution < 1.29 is 8.42 Å². The summed E-state index contributed by atoms with van der Waals surface area (Å²) in [5.41, 5.74) is 0. The SMILES string of the molecule is CCCNCC1CCN(S(=O)(=O)N(CCC)C(C)C)CC1. The van der Waals surface area contributed by atoms with Gasteiger partial charge in [-0.25, -0.2) is 0 Å². The van der Waals surface area contributed by atoms with Crippen LogP contribution in [-0.2, 0) is 10.2 Å². The van der Waals surface area contributed by atoms with Crippen LogP contribution in [0, 0.1) is 5.92 Å². The van der Waals surface area contributed by atoms with E-state index in [1.165, 1.54) is 0 Å². The first-order valence-electron chi connectivity index (χ1n) is 8.41. The average Bonchev–Trinajstić information content (AvgIpc) is 2.45. The summed E-state index contributed by atoms with van der Waals surface area (Å²) in [6.45, 7) is 12.1. The van der Waals surface area contributed by atoms with Crippen LogP contribution < -0.4 is 5.32 Å². The van der Waals surface area contributed by atoms with Crippen LogP contribution >= 0.6 is 0 Å². The molecule has 1 rings (SSSR count). The van der Waals surface area contributed by atoms with Crippen LogP contribution in [0.3, 0.4) is 0 Å². The minimum Gasteiger partial charge on any atom is -0.316 e. The minimum absolute atomic E-state index is 0.0268. The van der Waals surface area contributed by atoms with E-state index in [2.05, 4.69) is 12.2 Å². The molecule has 21 heavy (non-hydrogen) atoms. The van der Waals surface area contributed by atoms with Gasteiger partial charge in [-0.1, -0.05) is 13.8 Å². The van der Waals surface area contributed by atoms with Crippen LogP contribution in [0.15, 0.2) is 0 Å².